The quantitative estimate of drug-likeness (QED) is 0.313. The summed E-state index contributed by atoms with van der Waals surface area (Å²) in [5.41, 5.74) is 0. The fraction of sp³-hybridized carbons (Fsp3) is 0.500. The van der Waals surface area contributed by atoms with Crippen molar-refractivity contribution in [3.05, 3.63) is 0 Å². The third-order valence-electron chi connectivity index (χ3n) is 0. The topological polar surface area (TPSA) is 241 Å². The predicted molar refractivity (Wildman–Crippen MR) is 64.1 cm³/mol. The molecule has 0 rings (SSSR count). The zero-order chi connectivity index (χ0) is 21.5. The molecule has 0 aliphatic heterocycles. The summed E-state index contributed by atoms with van der Waals surface area (Å²) < 4.78 is 0. The van der Waals surface area contributed by atoms with Gasteiger partial charge in [-0.2, -0.15) is 0 Å². The van der Waals surface area contributed by atoms with Crippen LogP contribution in [0.3, 0.4) is 0 Å². The Bertz CT molecular complexity index is 261. The second-order valence-corrected chi connectivity index (χ2v) is 2.95. The van der Waals surface area contributed by atoms with Crippen LogP contribution in [0.2, 0.25) is 0 Å². The molecule has 13 heteroatoms. The van der Waals surface area contributed by atoms with Gasteiger partial charge in [0.1, 0.15) is 0 Å². The first-order chi connectivity index (χ1) is 10.4. The Hall–Kier alpha value is -2.49. The van der Waals surface area contributed by atoms with Crippen LogP contribution in [0.25, 0.3) is 0 Å². The molecule has 0 aliphatic carbocycles. The molecule has 0 atom stereocenters. The molecule has 0 spiro atoms. The summed E-state index contributed by atoms with van der Waals surface area (Å²) in [4.78, 5) is 53.3. The standard InChI is InChI=1S/6C2H4O2.Mo/c6*1-2(3)4;/h6*1H3,(H,3,4);/p-6. The number of carbonyl (C=O) groups excluding carboxylic acids is 6. The van der Waals surface area contributed by atoms with Gasteiger partial charge < -0.3 is 59.4 Å². The maximum atomic E-state index is 8.89. The smallest absolute Gasteiger partial charge is 0.0383 e. The van der Waals surface area contributed by atoms with E-state index in [2.05, 4.69) is 0 Å². The third kappa shape index (κ3) is 1320. The Morgan fingerprint density at radius 1 is 0.360 bits per heavy atom. The van der Waals surface area contributed by atoms with Gasteiger partial charge in [-0.1, -0.05) is 0 Å². The van der Waals surface area contributed by atoms with Crippen LogP contribution >= 0.6 is 0 Å². The van der Waals surface area contributed by atoms with Gasteiger partial charge in [-0.25, -0.2) is 0 Å². The van der Waals surface area contributed by atoms with Crippen LogP contribution < -0.4 is 30.6 Å². The number of carbonyl (C=O) groups is 6. The molecule has 0 amide bonds. The van der Waals surface area contributed by atoms with Crippen LogP contribution in [0, 0.1) is 0 Å². The van der Waals surface area contributed by atoms with E-state index in [1.807, 2.05) is 0 Å². The van der Waals surface area contributed by atoms with Crippen molar-refractivity contribution in [3.8, 4) is 0 Å². The zero-order valence-corrected chi connectivity index (χ0v) is 16.3. The van der Waals surface area contributed by atoms with Crippen molar-refractivity contribution in [3.63, 3.8) is 0 Å². The molecule has 0 radical (unpaired) electrons. The Morgan fingerprint density at radius 2 is 0.360 bits per heavy atom. The molecular weight excluding hydrogens is 432 g/mol. The fourth-order valence-corrected chi connectivity index (χ4v) is 0. The van der Waals surface area contributed by atoms with E-state index in [0.29, 0.717) is 0 Å². The van der Waals surface area contributed by atoms with E-state index in [1.54, 1.807) is 0 Å². The summed E-state index contributed by atoms with van der Waals surface area (Å²) >= 11 is 0. The molecule has 0 unspecified atom stereocenters. The normalized spacial score (nSPS) is 6.00. The molecule has 0 heterocycles. The number of carboxylic acids is 6. The van der Waals surface area contributed by atoms with E-state index in [4.69, 9.17) is 59.4 Å². The summed E-state index contributed by atoms with van der Waals surface area (Å²) in [5.74, 6) is -6.50. The van der Waals surface area contributed by atoms with E-state index in [9.17, 15) is 0 Å². The molecule has 0 bridgehead atoms. The average Bonchev–Trinajstić information content (AvgIpc) is 2.08. The molecule has 12 nitrogen and oxygen atoms in total. The predicted octanol–water partition coefficient (Wildman–Crippen LogP) is -7.47. The Kier molecular flexibility index (Phi) is 65.1. The van der Waals surface area contributed by atoms with Crippen molar-refractivity contribution in [2.24, 2.45) is 0 Å². The third-order valence-corrected chi connectivity index (χ3v) is 0. The van der Waals surface area contributed by atoms with Crippen LogP contribution in [0.4, 0.5) is 0 Å². The first-order valence-corrected chi connectivity index (χ1v) is 5.45. The van der Waals surface area contributed by atoms with Crippen LogP contribution in [-0.2, 0) is 49.8 Å². The fourth-order valence-electron chi connectivity index (χ4n) is 0. The van der Waals surface area contributed by atoms with E-state index < -0.39 is 35.8 Å². The first kappa shape index (κ1) is 43.3. The molecule has 0 saturated carbocycles. The van der Waals surface area contributed by atoms with Crippen LogP contribution in [-0.4, -0.2) is 35.8 Å². The van der Waals surface area contributed by atoms with Gasteiger partial charge in [0.2, 0.25) is 0 Å². The molecule has 0 aromatic carbocycles. The van der Waals surface area contributed by atoms with E-state index in [1.165, 1.54) is 0 Å². The number of carboxylic acid groups (broad SMARTS) is 6. The molecule has 0 fully saturated rings. The number of hydrogen-bond acceptors (Lipinski definition) is 12. The monoisotopic (exact) mass is 452 g/mol. The molecule has 0 saturated heterocycles. The summed E-state index contributed by atoms with van der Waals surface area (Å²) in [6.45, 7) is 5.83. The second-order valence-electron chi connectivity index (χ2n) is 2.95. The molecule has 150 valence electrons. The first-order valence-electron chi connectivity index (χ1n) is 5.45. The molecular formula is C12H18MoO12-6. The minimum atomic E-state index is -1.08. The SMILES string of the molecule is CC(=O)[O-].CC(=O)[O-].CC(=O)[O-].CC(=O)[O-].CC(=O)[O-].CC(=O)[O-].[Mo]. The van der Waals surface area contributed by atoms with Crippen LogP contribution in [0.15, 0.2) is 0 Å². The molecule has 0 aromatic rings. The van der Waals surface area contributed by atoms with Gasteiger partial charge in [-0.15, -0.1) is 0 Å². The molecule has 0 aromatic heterocycles. The summed E-state index contributed by atoms with van der Waals surface area (Å²) in [6.07, 6.45) is 0. The van der Waals surface area contributed by atoms with Crippen molar-refractivity contribution in [2.45, 2.75) is 41.5 Å². The number of hydrogen-bond donors (Lipinski definition) is 0. The van der Waals surface area contributed by atoms with Crippen molar-refractivity contribution >= 4 is 35.8 Å². The average molecular weight is 450 g/mol. The largest absolute Gasteiger partial charge is 0.550 e. The minimum absolute atomic E-state index is 0. The van der Waals surface area contributed by atoms with Gasteiger partial charge in [-0.3, -0.25) is 0 Å². The van der Waals surface area contributed by atoms with Crippen molar-refractivity contribution < 1.29 is 80.5 Å². The van der Waals surface area contributed by atoms with Gasteiger partial charge in [0.05, 0.1) is 0 Å². The molecule has 25 heavy (non-hydrogen) atoms. The van der Waals surface area contributed by atoms with Gasteiger partial charge in [0.25, 0.3) is 0 Å². The van der Waals surface area contributed by atoms with Gasteiger partial charge in [0.15, 0.2) is 0 Å². The summed E-state index contributed by atoms with van der Waals surface area (Å²) in [7, 11) is 0. The Labute approximate surface area is 158 Å². The van der Waals surface area contributed by atoms with Crippen molar-refractivity contribution in [1.82, 2.24) is 0 Å². The van der Waals surface area contributed by atoms with Crippen LogP contribution in [0.5, 0.6) is 0 Å². The van der Waals surface area contributed by atoms with Crippen molar-refractivity contribution in [2.75, 3.05) is 0 Å². The summed E-state index contributed by atoms with van der Waals surface area (Å²) in [5, 5.41) is 53.3. The van der Waals surface area contributed by atoms with E-state index in [-0.39, 0.29) is 21.1 Å². The maximum Gasteiger partial charge on any atom is 0.0383 e. The van der Waals surface area contributed by atoms with Crippen molar-refractivity contribution in [1.29, 1.82) is 0 Å². The van der Waals surface area contributed by atoms with Gasteiger partial charge in [0, 0.05) is 56.9 Å². The Morgan fingerprint density at radius 3 is 0.360 bits per heavy atom. The van der Waals surface area contributed by atoms with Crippen LogP contribution in [0.1, 0.15) is 41.5 Å². The Balaban J connectivity index is -0.0000000309. The molecule has 0 aliphatic rings. The zero-order valence-electron chi connectivity index (χ0n) is 14.3. The number of aliphatic carboxylic acids is 6. The van der Waals surface area contributed by atoms with E-state index in [0.717, 1.165) is 41.5 Å². The second kappa shape index (κ2) is 37.6. The summed E-state index contributed by atoms with van der Waals surface area (Å²) in [6, 6.07) is 0. The maximum absolute atomic E-state index is 8.89. The molecule has 0 N–H and O–H groups in total. The minimum Gasteiger partial charge on any atom is -0.550 e. The number of rotatable bonds is 0. The van der Waals surface area contributed by atoms with Gasteiger partial charge >= 0.3 is 0 Å². The van der Waals surface area contributed by atoms with Gasteiger partial charge in [-0.05, 0) is 41.5 Å². The van der Waals surface area contributed by atoms with E-state index >= 15 is 0 Å².